The van der Waals surface area contributed by atoms with Gasteiger partial charge in [0.2, 0.25) is 0 Å². The molecule has 0 fully saturated rings. The summed E-state index contributed by atoms with van der Waals surface area (Å²) in [5.74, 6) is 1.03. The van der Waals surface area contributed by atoms with E-state index in [1.165, 1.54) is 27.1 Å². The zero-order chi connectivity index (χ0) is 15.4. The highest BCUT2D eigenvalue weighted by Crippen LogP contribution is 2.30. The molecule has 1 N–H and O–H groups in total. The molecule has 2 aromatic rings. The SMILES string of the molecule is CNC(CSc1cccc(Br)c1)c1c(C)cc(C)cc1C. The van der Waals surface area contributed by atoms with Crippen molar-refractivity contribution in [1.82, 2.24) is 5.32 Å². The van der Waals surface area contributed by atoms with Crippen LogP contribution in [0.4, 0.5) is 0 Å². The molecular weight excluding hydrogens is 342 g/mol. The Morgan fingerprint density at radius 3 is 2.33 bits per heavy atom. The molecular formula is C18H22BrNS. The Labute approximate surface area is 140 Å². The van der Waals surface area contributed by atoms with Crippen molar-refractivity contribution >= 4 is 27.7 Å². The van der Waals surface area contributed by atoms with Gasteiger partial charge >= 0.3 is 0 Å². The third-order valence-electron chi connectivity index (χ3n) is 3.65. The fraction of sp³-hybridized carbons (Fsp3) is 0.333. The molecule has 0 bridgehead atoms. The number of aryl methyl sites for hydroxylation is 3. The second-order valence-electron chi connectivity index (χ2n) is 5.42. The third-order valence-corrected chi connectivity index (χ3v) is 5.23. The van der Waals surface area contributed by atoms with Crippen molar-refractivity contribution in [3.05, 3.63) is 63.1 Å². The van der Waals surface area contributed by atoms with Crippen LogP contribution in [-0.4, -0.2) is 12.8 Å². The summed E-state index contributed by atoms with van der Waals surface area (Å²) in [5, 5.41) is 3.47. The van der Waals surface area contributed by atoms with Crippen LogP contribution in [0.3, 0.4) is 0 Å². The molecule has 0 amide bonds. The van der Waals surface area contributed by atoms with E-state index in [1.54, 1.807) is 0 Å². The molecule has 0 aliphatic heterocycles. The second-order valence-corrected chi connectivity index (χ2v) is 7.43. The van der Waals surface area contributed by atoms with Gasteiger partial charge in [-0.25, -0.2) is 0 Å². The minimum atomic E-state index is 0.370. The maximum absolute atomic E-state index is 3.53. The molecule has 0 aromatic heterocycles. The van der Waals surface area contributed by atoms with Gasteiger partial charge in [-0.3, -0.25) is 0 Å². The van der Waals surface area contributed by atoms with Crippen molar-refractivity contribution in [2.45, 2.75) is 31.7 Å². The molecule has 0 spiro atoms. The largest absolute Gasteiger partial charge is 0.312 e. The first-order chi connectivity index (χ1) is 10.0. The summed E-state index contributed by atoms with van der Waals surface area (Å²) in [7, 11) is 2.05. The van der Waals surface area contributed by atoms with E-state index in [4.69, 9.17) is 0 Å². The number of hydrogen-bond acceptors (Lipinski definition) is 2. The first kappa shape index (κ1) is 16.6. The van der Waals surface area contributed by atoms with E-state index in [1.807, 2.05) is 18.8 Å². The van der Waals surface area contributed by atoms with Crippen molar-refractivity contribution in [2.75, 3.05) is 12.8 Å². The third kappa shape index (κ3) is 4.35. The quantitative estimate of drug-likeness (QED) is 0.711. The summed E-state index contributed by atoms with van der Waals surface area (Å²) in [6.45, 7) is 6.58. The molecule has 21 heavy (non-hydrogen) atoms. The van der Waals surface area contributed by atoms with Crippen LogP contribution in [0.25, 0.3) is 0 Å². The summed E-state index contributed by atoms with van der Waals surface area (Å²) in [6, 6.07) is 13.4. The molecule has 0 aliphatic rings. The molecule has 0 saturated heterocycles. The predicted molar refractivity (Wildman–Crippen MR) is 97.3 cm³/mol. The van der Waals surface area contributed by atoms with E-state index >= 15 is 0 Å². The predicted octanol–water partition coefficient (Wildman–Crippen LogP) is 5.43. The van der Waals surface area contributed by atoms with E-state index < -0.39 is 0 Å². The normalized spacial score (nSPS) is 12.4. The molecule has 2 aromatic carbocycles. The average Bonchev–Trinajstić information content (AvgIpc) is 2.41. The molecule has 0 heterocycles. The fourth-order valence-electron chi connectivity index (χ4n) is 2.79. The van der Waals surface area contributed by atoms with E-state index in [-0.39, 0.29) is 0 Å². The lowest BCUT2D eigenvalue weighted by atomic mass is 9.95. The van der Waals surface area contributed by atoms with Crippen LogP contribution in [0.5, 0.6) is 0 Å². The molecule has 2 rings (SSSR count). The standard InChI is InChI=1S/C18H22BrNS/c1-12-8-13(2)18(14(3)9-12)17(20-4)11-21-16-7-5-6-15(19)10-16/h5-10,17,20H,11H2,1-4H3. The Balaban J connectivity index is 2.17. The monoisotopic (exact) mass is 363 g/mol. The maximum Gasteiger partial charge on any atom is 0.0418 e. The highest BCUT2D eigenvalue weighted by Gasteiger charge is 2.15. The molecule has 0 radical (unpaired) electrons. The highest BCUT2D eigenvalue weighted by atomic mass is 79.9. The van der Waals surface area contributed by atoms with E-state index in [0.717, 1.165) is 10.2 Å². The van der Waals surface area contributed by atoms with Crippen LogP contribution in [-0.2, 0) is 0 Å². The van der Waals surface area contributed by atoms with Gasteiger partial charge < -0.3 is 5.32 Å². The Bertz CT molecular complexity index is 601. The Morgan fingerprint density at radius 1 is 1.10 bits per heavy atom. The second kappa shape index (κ2) is 7.48. The van der Waals surface area contributed by atoms with Gasteiger partial charge in [0.05, 0.1) is 0 Å². The van der Waals surface area contributed by atoms with Crippen molar-refractivity contribution in [2.24, 2.45) is 0 Å². The summed E-state index contributed by atoms with van der Waals surface area (Å²) >= 11 is 5.42. The van der Waals surface area contributed by atoms with Gasteiger partial charge in [-0.15, -0.1) is 11.8 Å². The van der Waals surface area contributed by atoms with Gasteiger partial charge in [0.25, 0.3) is 0 Å². The fourth-order valence-corrected chi connectivity index (χ4v) is 4.42. The van der Waals surface area contributed by atoms with Crippen LogP contribution < -0.4 is 5.32 Å². The minimum absolute atomic E-state index is 0.370. The van der Waals surface area contributed by atoms with E-state index in [9.17, 15) is 0 Å². The lowest BCUT2D eigenvalue weighted by molar-refractivity contribution is 0.653. The first-order valence-corrected chi connectivity index (χ1v) is 8.92. The van der Waals surface area contributed by atoms with Crippen molar-refractivity contribution in [3.63, 3.8) is 0 Å². The minimum Gasteiger partial charge on any atom is -0.312 e. The van der Waals surface area contributed by atoms with Crippen LogP contribution in [0, 0.1) is 20.8 Å². The Morgan fingerprint density at radius 2 is 1.76 bits per heavy atom. The summed E-state index contributed by atoms with van der Waals surface area (Å²) in [4.78, 5) is 1.30. The van der Waals surface area contributed by atoms with E-state index in [0.29, 0.717) is 6.04 Å². The first-order valence-electron chi connectivity index (χ1n) is 7.14. The number of halogens is 1. The van der Waals surface area contributed by atoms with Gasteiger partial charge in [-0.1, -0.05) is 39.7 Å². The molecule has 0 aliphatic carbocycles. The lowest BCUT2D eigenvalue weighted by Crippen LogP contribution is -2.21. The van der Waals surface area contributed by atoms with Gasteiger partial charge in [0, 0.05) is 21.2 Å². The molecule has 0 saturated carbocycles. The van der Waals surface area contributed by atoms with Crippen LogP contribution in [0.2, 0.25) is 0 Å². The number of thioether (sulfide) groups is 1. The van der Waals surface area contributed by atoms with E-state index in [2.05, 4.69) is 78.4 Å². The smallest absolute Gasteiger partial charge is 0.0418 e. The molecule has 3 heteroatoms. The molecule has 112 valence electrons. The van der Waals surface area contributed by atoms with Gasteiger partial charge in [0.15, 0.2) is 0 Å². The molecule has 1 nitrogen and oxygen atoms in total. The lowest BCUT2D eigenvalue weighted by Gasteiger charge is -2.21. The highest BCUT2D eigenvalue weighted by molar-refractivity contribution is 9.10. The molecule has 1 unspecified atom stereocenters. The number of hydrogen-bond donors (Lipinski definition) is 1. The summed E-state index contributed by atoms with van der Waals surface area (Å²) < 4.78 is 1.14. The number of rotatable bonds is 5. The van der Waals surface area contributed by atoms with Crippen LogP contribution in [0.15, 0.2) is 45.8 Å². The molecule has 1 atom stereocenters. The van der Waals surface area contributed by atoms with Crippen molar-refractivity contribution in [3.8, 4) is 0 Å². The summed E-state index contributed by atoms with van der Waals surface area (Å²) in [6.07, 6.45) is 0. The Kier molecular flexibility index (Phi) is 5.91. The zero-order valence-electron chi connectivity index (χ0n) is 13.0. The zero-order valence-corrected chi connectivity index (χ0v) is 15.4. The van der Waals surface area contributed by atoms with Crippen LogP contribution in [0.1, 0.15) is 28.3 Å². The van der Waals surface area contributed by atoms with Gasteiger partial charge in [-0.2, -0.15) is 0 Å². The van der Waals surface area contributed by atoms with Crippen molar-refractivity contribution in [1.29, 1.82) is 0 Å². The number of benzene rings is 2. The van der Waals surface area contributed by atoms with Gasteiger partial charge in [0.1, 0.15) is 0 Å². The average molecular weight is 364 g/mol. The van der Waals surface area contributed by atoms with Gasteiger partial charge in [-0.05, 0) is 62.7 Å². The van der Waals surface area contributed by atoms with Crippen molar-refractivity contribution < 1.29 is 0 Å². The number of nitrogens with one attached hydrogen (secondary N) is 1. The summed E-state index contributed by atoms with van der Waals surface area (Å²) in [5.41, 5.74) is 5.53. The Hall–Kier alpha value is -0.770. The maximum atomic E-state index is 3.53. The van der Waals surface area contributed by atoms with Crippen LogP contribution >= 0.6 is 27.7 Å². The topological polar surface area (TPSA) is 12.0 Å².